The Morgan fingerprint density at radius 3 is 2.40 bits per heavy atom. The molecule has 8 heteroatoms. The van der Waals surface area contributed by atoms with E-state index >= 15 is 0 Å². The Kier molecular flexibility index (Phi) is 7.52. The number of amides is 2. The fourth-order valence-electron chi connectivity index (χ4n) is 5.60. The van der Waals surface area contributed by atoms with Crippen molar-refractivity contribution in [1.29, 1.82) is 0 Å². The van der Waals surface area contributed by atoms with Crippen LogP contribution in [0.3, 0.4) is 0 Å². The average Bonchev–Trinajstić information content (AvgIpc) is 3.33. The third-order valence-electron chi connectivity index (χ3n) is 7.54. The van der Waals surface area contributed by atoms with Gasteiger partial charge in [0.2, 0.25) is 11.8 Å². The summed E-state index contributed by atoms with van der Waals surface area (Å²) in [7, 11) is 3.25. The van der Waals surface area contributed by atoms with Crippen molar-refractivity contribution in [3.05, 3.63) is 71.3 Å². The Morgan fingerprint density at radius 2 is 1.77 bits per heavy atom. The number of ether oxygens (including phenoxy) is 2. The number of carbonyl (C=O) groups is 2. The molecule has 4 atom stereocenters. The molecule has 2 aliphatic rings. The number of benzene rings is 2. The molecule has 4 rings (SSSR count). The van der Waals surface area contributed by atoms with E-state index in [0.29, 0.717) is 25.9 Å². The first-order valence-corrected chi connectivity index (χ1v) is 12.0. The highest BCUT2D eigenvalue weighted by molar-refractivity contribution is 5.83. The standard InChI is InChI=1S/C27H32F2N2O4/c1-4-25(32)31-15-21(20-11-10-19(28)14-23(20)29)22(16-31)26(33)30-13-12-27(35-3,24(17-30)34-2)18-8-6-5-7-9-18/h5-11,14,21-22,24H,4,12-13,15-17H2,1-3H3/t21-,22+,24-,27-/m0/s1. The second-order valence-corrected chi connectivity index (χ2v) is 9.25. The molecule has 2 fully saturated rings. The van der Waals surface area contributed by atoms with Gasteiger partial charge < -0.3 is 19.3 Å². The van der Waals surface area contributed by atoms with E-state index in [1.54, 1.807) is 30.9 Å². The maximum atomic E-state index is 14.7. The minimum atomic E-state index is -0.700. The Labute approximate surface area is 204 Å². The van der Waals surface area contributed by atoms with Gasteiger partial charge in [0.15, 0.2) is 0 Å². The molecule has 0 aromatic heterocycles. The molecule has 0 unspecified atom stereocenters. The molecule has 2 heterocycles. The SMILES string of the molecule is CCC(=O)N1C[C@@H](C(=O)N2CC[C@](OC)(c3ccccc3)[C@@H](OC)C2)[C@H](c2ccc(F)cc2F)C1. The molecule has 0 N–H and O–H groups in total. The lowest BCUT2D eigenvalue weighted by atomic mass is 9.80. The number of hydrogen-bond acceptors (Lipinski definition) is 4. The second-order valence-electron chi connectivity index (χ2n) is 9.25. The molecule has 2 amide bonds. The van der Waals surface area contributed by atoms with Crippen molar-refractivity contribution >= 4 is 11.8 Å². The van der Waals surface area contributed by atoms with Crippen LogP contribution >= 0.6 is 0 Å². The van der Waals surface area contributed by atoms with Gasteiger partial charge in [-0.1, -0.05) is 43.3 Å². The predicted molar refractivity (Wildman–Crippen MR) is 127 cm³/mol. The van der Waals surface area contributed by atoms with E-state index < -0.39 is 35.2 Å². The van der Waals surface area contributed by atoms with Crippen LogP contribution in [0.4, 0.5) is 8.78 Å². The van der Waals surface area contributed by atoms with Gasteiger partial charge in [-0.3, -0.25) is 9.59 Å². The number of hydrogen-bond donors (Lipinski definition) is 0. The van der Waals surface area contributed by atoms with Gasteiger partial charge in [-0.2, -0.15) is 0 Å². The lowest BCUT2D eigenvalue weighted by Gasteiger charge is -2.47. The highest BCUT2D eigenvalue weighted by Gasteiger charge is 2.49. The molecule has 35 heavy (non-hydrogen) atoms. The smallest absolute Gasteiger partial charge is 0.228 e. The van der Waals surface area contributed by atoms with E-state index in [1.807, 2.05) is 30.3 Å². The lowest BCUT2D eigenvalue weighted by Crippen LogP contribution is -2.57. The summed E-state index contributed by atoms with van der Waals surface area (Å²) in [6.07, 6.45) is 0.406. The summed E-state index contributed by atoms with van der Waals surface area (Å²) in [6, 6.07) is 13.2. The van der Waals surface area contributed by atoms with Crippen LogP contribution in [0, 0.1) is 17.6 Å². The van der Waals surface area contributed by atoms with E-state index in [9.17, 15) is 18.4 Å². The Morgan fingerprint density at radius 1 is 1.03 bits per heavy atom. The minimum Gasteiger partial charge on any atom is -0.376 e. The van der Waals surface area contributed by atoms with Crippen LogP contribution < -0.4 is 0 Å². The van der Waals surface area contributed by atoms with Crippen molar-refractivity contribution in [1.82, 2.24) is 9.80 Å². The first-order chi connectivity index (χ1) is 16.8. The Bertz CT molecular complexity index is 1070. The van der Waals surface area contributed by atoms with Crippen molar-refractivity contribution in [3.63, 3.8) is 0 Å². The summed E-state index contributed by atoms with van der Waals surface area (Å²) < 4.78 is 40.1. The fourth-order valence-corrected chi connectivity index (χ4v) is 5.60. The molecular weight excluding hydrogens is 454 g/mol. The first-order valence-electron chi connectivity index (χ1n) is 12.0. The quantitative estimate of drug-likeness (QED) is 0.625. The Balaban J connectivity index is 1.61. The van der Waals surface area contributed by atoms with E-state index in [2.05, 4.69) is 0 Å². The number of likely N-dealkylation sites (tertiary alicyclic amines) is 2. The van der Waals surface area contributed by atoms with Crippen LogP contribution in [0.15, 0.2) is 48.5 Å². The largest absolute Gasteiger partial charge is 0.376 e. The number of nitrogens with zero attached hydrogens (tertiary/aromatic N) is 2. The van der Waals surface area contributed by atoms with Crippen LogP contribution in [-0.4, -0.2) is 68.1 Å². The molecule has 0 radical (unpaired) electrons. The van der Waals surface area contributed by atoms with Crippen molar-refractivity contribution < 1.29 is 27.8 Å². The van der Waals surface area contributed by atoms with Crippen LogP contribution in [0.25, 0.3) is 0 Å². The molecule has 0 bridgehead atoms. The summed E-state index contributed by atoms with van der Waals surface area (Å²) >= 11 is 0. The maximum Gasteiger partial charge on any atom is 0.228 e. The minimum absolute atomic E-state index is 0.0938. The molecule has 2 aromatic carbocycles. The van der Waals surface area contributed by atoms with Gasteiger partial charge in [0.05, 0.1) is 12.5 Å². The molecule has 188 valence electrons. The van der Waals surface area contributed by atoms with Gasteiger partial charge >= 0.3 is 0 Å². The molecule has 0 spiro atoms. The fraction of sp³-hybridized carbons (Fsp3) is 0.481. The predicted octanol–water partition coefficient (Wildman–Crippen LogP) is 3.71. The lowest BCUT2D eigenvalue weighted by molar-refractivity contribution is -0.170. The molecule has 2 aromatic rings. The number of piperidine rings is 1. The number of carbonyl (C=O) groups excluding carboxylic acids is 2. The van der Waals surface area contributed by atoms with E-state index in [0.717, 1.165) is 11.6 Å². The van der Waals surface area contributed by atoms with Crippen molar-refractivity contribution in [3.8, 4) is 0 Å². The zero-order valence-electron chi connectivity index (χ0n) is 20.4. The first kappa shape index (κ1) is 25.3. The zero-order chi connectivity index (χ0) is 25.2. The van der Waals surface area contributed by atoms with Crippen molar-refractivity contribution in [2.24, 2.45) is 5.92 Å². The van der Waals surface area contributed by atoms with Gasteiger partial charge in [-0.05, 0) is 17.2 Å². The summed E-state index contributed by atoms with van der Waals surface area (Å²) in [5, 5.41) is 0. The number of halogens is 2. The van der Waals surface area contributed by atoms with Gasteiger partial charge in [0, 0.05) is 58.7 Å². The molecule has 2 aliphatic heterocycles. The topological polar surface area (TPSA) is 59.1 Å². The highest BCUT2D eigenvalue weighted by Crippen LogP contribution is 2.40. The molecule has 0 saturated carbocycles. The third-order valence-corrected chi connectivity index (χ3v) is 7.54. The summed E-state index contributed by atoms with van der Waals surface area (Å²) in [6.45, 7) is 2.91. The summed E-state index contributed by atoms with van der Waals surface area (Å²) in [5.74, 6) is -2.81. The van der Waals surface area contributed by atoms with Crippen LogP contribution in [-0.2, 0) is 24.7 Å². The van der Waals surface area contributed by atoms with Crippen LogP contribution in [0.5, 0.6) is 0 Å². The van der Waals surface area contributed by atoms with E-state index in [1.165, 1.54) is 12.1 Å². The van der Waals surface area contributed by atoms with Crippen molar-refractivity contribution in [2.45, 2.75) is 37.4 Å². The van der Waals surface area contributed by atoms with Crippen molar-refractivity contribution in [2.75, 3.05) is 40.4 Å². The molecule has 6 nitrogen and oxygen atoms in total. The third kappa shape index (κ3) is 4.69. The molecule has 2 saturated heterocycles. The number of rotatable bonds is 6. The van der Waals surface area contributed by atoms with Gasteiger partial charge in [0.25, 0.3) is 0 Å². The van der Waals surface area contributed by atoms with E-state index in [-0.39, 0.29) is 30.5 Å². The van der Waals surface area contributed by atoms with Gasteiger partial charge in [-0.25, -0.2) is 8.78 Å². The molecular formula is C27H32F2N2O4. The summed E-state index contributed by atoms with van der Waals surface area (Å²) in [5.41, 5.74) is 0.537. The zero-order valence-corrected chi connectivity index (χ0v) is 20.4. The van der Waals surface area contributed by atoms with Gasteiger partial charge in [-0.15, -0.1) is 0 Å². The van der Waals surface area contributed by atoms with Gasteiger partial charge in [0.1, 0.15) is 23.3 Å². The normalized spacial score (nSPS) is 26.7. The van der Waals surface area contributed by atoms with Crippen LogP contribution in [0.1, 0.15) is 36.8 Å². The number of methoxy groups -OCH3 is 2. The Hall–Kier alpha value is -2.84. The monoisotopic (exact) mass is 486 g/mol. The average molecular weight is 487 g/mol. The van der Waals surface area contributed by atoms with E-state index in [4.69, 9.17) is 9.47 Å². The maximum absolute atomic E-state index is 14.7. The summed E-state index contributed by atoms with van der Waals surface area (Å²) in [4.78, 5) is 29.6. The highest BCUT2D eigenvalue weighted by atomic mass is 19.1. The van der Waals surface area contributed by atoms with Crippen LogP contribution in [0.2, 0.25) is 0 Å². The second kappa shape index (κ2) is 10.4. The molecule has 0 aliphatic carbocycles.